The number of ether oxygens (including phenoxy) is 2. The minimum absolute atomic E-state index is 0.173. The molecule has 4 atom stereocenters. The molecular formula is C16H15NO4. The predicted molar refractivity (Wildman–Crippen MR) is 74.9 cm³/mol. The molecule has 3 aliphatic rings. The highest BCUT2D eigenvalue weighted by Gasteiger charge is 2.65. The summed E-state index contributed by atoms with van der Waals surface area (Å²) in [5, 5.41) is 0. The van der Waals surface area contributed by atoms with E-state index in [2.05, 4.69) is 0 Å². The van der Waals surface area contributed by atoms with Gasteiger partial charge >= 0.3 is 0 Å². The zero-order valence-electron chi connectivity index (χ0n) is 11.8. The van der Waals surface area contributed by atoms with Crippen LogP contribution in [0, 0.1) is 11.8 Å². The third-order valence-electron chi connectivity index (χ3n) is 4.66. The number of methoxy groups -OCH3 is 1. The lowest BCUT2D eigenvalue weighted by atomic mass is 9.78. The van der Waals surface area contributed by atoms with E-state index in [0.29, 0.717) is 11.4 Å². The number of nitrogens with zero attached hydrogens (tertiary/aromatic N) is 1. The van der Waals surface area contributed by atoms with Crippen molar-refractivity contribution < 1.29 is 19.1 Å². The van der Waals surface area contributed by atoms with Gasteiger partial charge in [0.1, 0.15) is 5.75 Å². The van der Waals surface area contributed by atoms with Crippen molar-refractivity contribution >= 4 is 17.5 Å². The van der Waals surface area contributed by atoms with Gasteiger partial charge in [0.2, 0.25) is 11.8 Å². The van der Waals surface area contributed by atoms with Crippen molar-refractivity contribution in [3.63, 3.8) is 0 Å². The minimum atomic E-state index is -0.650. The van der Waals surface area contributed by atoms with Gasteiger partial charge in [0.25, 0.3) is 0 Å². The van der Waals surface area contributed by atoms with Gasteiger partial charge < -0.3 is 9.47 Å². The second-order valence-corrected chi connectivity index (χ2v) is 5.84. The molecule has 0 radical (unpaired) electrons. The molecular weight excluding hydrogens is 270 g/mol. The number of carbonyl (C=O) groups excluding carboxylic acids is 2. The number of imide groups is 1. The van der Waals surface area contributed by atoms with Crippen LogP contribution in [0.2, 0.25) is 0 Å². The number of carbonyl (C=O) groups is 2. The predicted octanol–water partition coefficient (Wildman–Crippen LogP) is 1.53. The van der Waals surface area contributed by atoms with Gasteiger partial charge in [-0.3, -0.25) is 9.59 Å². The van der Waals surface area contributed by atoms with E-state index in [-0.39, 0.29) is 17.9 Å². The number of benzene rings is 1. The molecule has 0 aromatic heterocycles. The Balaban J connectivity index is 1.72. The van der Waals surface area contributed by atoms with E-state index in [9.17, 15) is 9.59 Å². The van der Waals surface area contributed by atoms with Crippen LogP contribution in [0.3, 0.4) is 0 Å². The average molecular weight is 285 g/mol. The second-order valence-electron chi connectivity index (χ2n) is 5.84. The van der Waals surface area contributed by atoms with Crippen LogP contribution < -0.4 is 9.64 Å². The minimum Gasteiger partial charge on any atom is -0.497 e. The van der Waals surface area contributed by atoms with Crippen molar-refractivity contribution in [2.45, 2.75) is 18.6 Å². The van der Waals surface area contributed by atoms with Gasteiger partial charge in [0, 0.05) is 0 Å². The van der Waals surface area contributed by atoms with Crippen molar-refractivity contribution in [3.8, 4) is 5.75 Å². The number of hydrogen-bond donors (Lipinski definition) is 0. The lowest BCUT2D eigenvalue weighted by molar-refractivity contribution is -0.126. The molecule has 0 spiro atoms. The van der Waals surface area contributed by atoms with Gasteiger partial charge in [-0.05, 0) is 31.2 Å². The first-order chi connectivity index (χ1) is 10.0. The molecule has 5 nitrogen and oxygen atoms in total. The van der Waals surface area contributed by atoms with Crippen molar-refractivity contribution in [1.29, 1.82) is 0 Å². The molecule has 108 valence electrons. The summed E-state index contributed by atoms with van der Waals surface area (Å²) >= 11 is 0. The van der Waals surface area contributed by atoms with E-state index in [1.807, 2.05) is 19.1 Å². The van der Waals surface area contributed by atoms with E-state index >= 15 is 0 Å². The lowest BCUT2D eigenvalue weighted by Gasteiger charge is -2.24. The number of anilines is 1. The van der Waals surface area contributed by atoms with E-state index < -0.39 is 17.4 Å². The lowest BCUT2D eigenvalue weighted by Crippen LogP contribution is -2.38. The summed E-state index contributed by atoms with van der Waals surface area (Å²) in [5.74, 6) is -0.468. The molecule has 3 aliphatic heterocycles. The maximum atomic E-state index is 12.7. The van der Waals surface area contributed by atoms with Crippen molar-refractivity contribution in [1.82, 2.24) is 0 Å². The van der Waals surface area contributed by atoms with Gasteiger partial charge in [-0.2, -0.15) is 0 Å². The SMILES string of the molecule is COc1ccc(N2C(=O)[C@H]3[C@@H](C2=O)[C@@]2(C)C=C[C@H]3O2)cc1. The number of hydrogen-bond acceptors (Lipinski definition) is 4. The van der Waals surface area contributed by atoms with E-state index in [1.54, 1.807) is 31.4 Å². The first-order valence-corrected chi connectivity index (χ1v) is 6.94. The molecule has 0 unspecified atom stereocenters. The van der Waals surface area contributed by atoms with Crippen LogP contribution in [-0.2, 0) is 14.3 Å². The number of fused-ring (bicyclic) bond motifs is 5. The van der Waals surface area contributed by atoms with Crippen LogP contribution in [0.5, 0.6) is 5.75 Å². The summed E-state index contributed by atoms with van der Waals surface area (Å²) in [4.78, 5) is 26.6. The molecule has 3 heterocycles. The van der Waals surface area contributed by atoms with Gasteiger partial charge in [-0.25, -0.2) is 4.90 Å². The molecule has 2 amide bonds. The zero-order chi connectivity index (χ0) is 14.8. The highest BCUT2D eigenvalue weighted by Crippen LogP contribution is 2.52. The normalized spacial score (nSPS) is 36.5. The zero-order valence-corrected chi connectivity index (χ0v) is 11.8. The summed E-state index contributed by atoms with van der Waals surface area (Å²) in [6, 6.07) is 6.95. The van der Waals surface area contributed by atoms with Crippen LogP contribution in [0.4, 0.5) is 5.69 Å². The van der Waals surface area contributed by atoms with Crippen molar-refractivity contribution in [2.75, 3.05) is 12.0 Å². The molecule has 2 saturated heterocycles. The Labute approximate surface area is 122 Å². The first kappa shape index (κ1) is 12.6. The van der Waals surface area contributed by atoms with E-state index in [4.69, 9.17) is 9.47 Å². The standard InChI is InChI=1S/C16H15NO4/c1-16-8-7-11(21-16)12-13(16)15(19)17(14(12)18)9-3-5-10(20-2)6-4-9/h3-8,11-13H,1-2H3/t11-,12-,13+,16-/m1/s1. The quantitative estimate of drug-likeness (QED) is 0.611. The first-order valence-electron chi connectivity index (χ1n) is 6.94. The van der Waals surface area contributed by atoms with Gasteiger partial charge in [0.15, 0.2) is 0 Å². The van der Waals surface area contributed by atoms with Gasteiger partial charge in [0.05, 0.1) is 36.3 Å². The molecule has 0 saturated carbocycles. The maximum Gasteiger partial charge on any atom is 0.241 e. The number of amides is 2. The van der Waals surface area contributed by atoms with Crippen LogP contribution in [0.15, 0.2) is 36.4 Å². The highest BCUT2D eigenvalue weighted by atomic mass is 16.5. The monoisotopic (exact) mass is 285 g/mol. The second kappa shape index (κ2) is 3.95. The average Bonchev–Trinajstić information content (AvgIpc) is 3.09. The molecule has 1 aromatic rings. The Hall–Kier alpha value is -2.14. The third-order valence-corrected chi connectivity index (χ3v) is 4.66. The van der Waals surface area contributed by atoms with Gasteiger partial charge in [-0.1, -0.05) is 12.2 Å². The van der Waals surface area contributed by atoms with Crippen LogP contribution in [-0.4, -0.2) is 30.6 Å². The maximum absolute atomic E-state index is 12.7. The van der Waals surface area contributed by atoms with E-state index in [0.717, 1.165) is 0 Å². The van der Waals surface area contributed by atoms with Crippen molar-refractivity contribution in [3.05, 3.63) is 36.4 Å². The topological polar surface area (TPSA) is 55.8 Å². The number of rotatable bonds is 2. The molecule has 0 N–H and O–H groups in total. The molecule has 0 aliphatic carbocycles. The Morgan fingerprint density at radius 3 is 2.52 bits per heavy atom. The fraction of sp³-hybridized carbons (Fsp3) is 0.375. The summed E-state index contributed by atoms with van der Waals surface area (Å²) in [5.41, 5.74) is -0.0632. The van der Waals surface area contributed by atoms with Crippen molar-refractivity contribution in [2.24, 2.45) is 11.8 Å². The largest absolute Gasteiger partial charge is 0.497 e. The Bertz CT molecular complexity index is 665. The summed E-state index contributed by atoms with van der Waals surface area (Å²) < 4.78 is 10.9. The molecule has 2 bridgehead atoms. The fourth-order valence-electron chi connectivity index (χ4n) is 3.64. The third kappa shape index (κ3) is 1.49. The molecule has 21 heavy (non-hydrogen) atoms. The fourth-order valence-corrected chi connectivity index (χ4v) is 3.64. The summed E-state index contributed by atoms with van der Waals surface area (Å²) in [6.45, 7) is 1.87. The highest BCUT2D eigenvalue weighted by molar-refractivity contribution is 6.23. The summed E-state index contributed by atoms with van der Waals surface area (Å²) in [7, 11) is 1.58. The van der Waals surface area contributed by atoms with Crippen LogP contribution in [0.1, 0.15) is 6.92 Å². The smallest absolute Gasteiger partial charge is 0.241 e. The molecule has 5 heteroatoms. The van der Waals surface area contributed by atoms with Crippen LogP contribution >= 0.6 is 0 Å². The Morgan fingerprint density at radius 1 is 1.19 bits per heavy atom. The Kier molecular flexibility index (Phi) is 2.37. The van der Waals surface area contributed by atoms with Crippen LogP contribution in [0.25, 0.3) is 0 Å². The Morgan fingerprint density at radius 2 is 1.90 bits per heavy atom. The molecule has 1 aromatic carbocycles. The summed E-state index contributed by atoms with van der Waals surface area (Å²) in [6.07, 6.45) is 3.52. The molecule has 2 fully saturated rings. The molecule has 4 rings (SSSR count). The van der Waals surface area contributed by atoms with Gasteiger partial charge in [-0.15, -0.1) is 0 Å². The van der Waals surface area contributed by atoms with E-state index in [1.165, 1.54) is 4.90 Å².